The van der Waals surface area contributed by atoms with Crippen LogP contribution in [0.1, 0.15) is 21.5 Å². The number of amides is 1. The monoisotopic (exact) mass is 344 g/mol. The van der Waals surface area contributed by atoms with Crippen LogP contribution in [0.2, 0.25) is 5.02 Å². The number of rotatable bonds is 4. The Bertz CT molecular complexity index is 727. The highest BCUT2D eigenvalue weighted by Gasteiger charge is 2.13. The molecule has 1 aliphatic rings. The summed E-state index contributed by atoms with van der Waals surface area (Å²) in [5, 5.41) is 3.59. The third-order valence-electron chi connectivity index (χ3n) is 4.21. The second-order valence-corrected chi connectivity index (χ2v) is 6.36. The van der Waals surface area contributed by atoms with Crippen LogP contribution in [0.3, 0.4) is 0 Å². The number of morpholine rings is 1. The molecule has 4 nitrogen and oxygen atoms in total. The molecule has 126 valence electrons. The average molecular weight is 345 g/mol. The first kappa shape index (κ1) is 17.0. The van der Waals surface area contributed by atoms with Gasteiger partial charge in [-0.15, -0.1) is 0 Å². The number of ether oxygens (including phenoxy) is 1. The highest BCUT2D eigenvalue weighted by atomic mass is 35.5. The van der Waals surface area contributed by atoms with E-state index < -0.39 is 0 Å². The number of halogens is 1. The zero-order chi connectivity index (χ0) is 16.9. The van der Waals surface area contributed by atoms with Crippen LogP contribution in [-0.2, 0) is 11.3 Å². The lowest BCUT2D eigenvalue weighted by molar-refractivity contribution is 0.0342. The van der Waals surface area contributed by atoms with E-state index in [9.17, 15) is 4.79 Å². The van der Waals surface area contributed by atoms with Gasteiger partial charge in [0.05, 0.1) is 13.2 Å². The van der Waals surface area contributed by atoms with Crippen LogP contribution in [-0.4, -0.2) is 37.1 Å². The van der Waals surface area contributed by atoms with Crippen LogP contribution >= 0.6 is 11.6 Å². The maximum absolute atomic E-state index is 12.5. The maximum Gasteiger partial charge on any atom is 0.255 e. The van der Waals surface area contributed by atoms with Gasteiger partial charge in [0.15, 0.2) is 0 Å². The molecule has 0 aliphatic carbocycles. The Balaban J connectivity index is 1.70. The molecular formula is C19H21ClN2O2. The quantitative estimate of drug-likeness (QED) is 0.918. The first-order chi connectivity index (χ1) is 11.6. The standard InChI is InChI=1S/C19H21ClN2O2/c1-14-17(20)6-3-7-18(14)21-19(23)16-5-2-4-15(12-16)13-22-8-10-24-11-9-22/h2-7,12H,8-11,13H2,1H3,(H,21,23). The van der Waals surface area contributed by atoms with Crippen molar-refractivity contribution in [1.29, 1.82) is 0 Å². The molecule has 0 bridgehead atoms. The minimum atomic E-state index is -0.121. The molecule has 1 N–H and O–H groups in total. The molecule has 24 heavy (non-hydrogen) atoms. The van der Waals surface area contributed by atoms with E-state index in [0.717, 1.165) is 49.7 Å². The predicted molar refractivity (Wildman–Crippen MR) is 96.7 cm³/mol. The van der Waals surface area contributed by atoms with Gasteiger partial charge in [-0.1, -0.05) is 29.8 Å². The predicted octanol–water partition coefficient (Wildman–Crippen LogP) is 3.73. The lowest BCUT2D eigenvalue weighted by Crippen LogP contribution is -2.35. The summed E-state index contributed by atoms with van der Waals surface area (Å²) in [5.41, 5.74) is 3.40. The van der Waals surface area contributed by atoms with E-state index in [1.165, 1.54) is 0 Å². The van der Waals surface area contributed by atoms with Crippen molar-refractivity contribution in [2.75, 3.05) is 31.6 Å². The van der Waals surface area contributed by atoms with Gasteiger partial charge >= 0.3 is 0 Å². The fourth-order valence-corrected chi connectivity index (χ4v) is 2.94. The van der Waals surface area contributed by atoms with Crippen molar-refractivity contribution in [3.05, 3.63) is 64.2 Å². The second kappa shape index (κ2) is 7.79. The highest BCUT2D eigenvalue weighted by molar-refractivity contribution is 6.31. The van der Waals surface area contributed by atoms with Gasteiger partial charge in [0.25, 0.3) is 5.91 Å². The highest BCUT2D eigenvalue weighted by Crippen LogP contribution is 2.23. The molecule has 1 saturated heterocycles. The van der Waals surface area contributed by atoms with E-state index in [-0.39, 0.29) is 5.91 Å². The fourth-order valence-electron chi connectivity index (χ4n) is 2.77. The fraction of sp³-hybridized carbons (Fsp3) is 0.316. The normalized spacial score (nSPS) is 15.2. The topological polar surface area (TPSA) is 41.6 Å². The summed E-state index contributed by atoms with van der Waals surface area (Å²) in [4.78, 5) is 14.9. The Morgan fingerprint density at radius 2 is 1.96 bits per heavy atom. The summed E-state index contributed by atoms with van der Waals surface area (Å²) in [5.74, 6) is -0.121. The van der Waals surface area contributed by atoms with Crippen LogP contribution in [0.15, 0.2) is 42.5 Å². The summed E-state index contributed by atoms with van der Waals surface area (Å²) in [6.07, 6.45) is 0. The smallest absolute Gasteiger partial charge is 0.255 e. The first-order valence-electron chi connectivity index (χ1n) is 8.09. The number of carbonyl (C=O) groups is 1. The maximum atomic E-state index is 12.5. The number of benzene rings is 2. The van der Waals surface area contributed by atoms with E-state index >= 15 is 0 Å². The van der Waals surface area contributed by atoms with Gasteiger partial charge in [-0.3, -0.25) is 9.69 Å². The molecule has 0 atom stereocenters. The average Bonchev–Trinajstić information content (AvgIpc) is 2.60. The lowest BCUT2D eigenvalue weighted by atomic mass is 10.1. The molecule has 2 aromatic rings. The van der Waals surface area contributed by atoms with Crippen molar-refractivity contribution in [3.8, 4) is 0 Å². The van der Waals surface area contributed by atoms with Gasteiger partial charge < -0.3 is 10.1 Å². The van der Waals surface area contributed by atoms with Crippen molar-refractivity contribution >= 4 is 23.2 Å². The number of carbonyl (C=O) groups excluding carboxylic acids is 1. The van der Waals surface area contributed by atoms with E-state index in [4.69, 9.17) is 16.3 Å². The van der Waals surface area contributed by atoms with Gasteiger partial charge in [0, 0.05) is 35.9 Å². The molecule has 0 saturated carbocycles. The van der Waals surface area contributed by atoms with Gasteiger partial charge in [-0.05, 0) is 42.3 Å². The number of nitrogens with zero attached hydrogens (tertiary/aromatic N) is 1. The molecular weight excluding hydrogens is 324 g/mol. The van der Waals surface area contributed by atoms with Gasteiger partial charge in [0.2, 0.25) is 0 Å². The van der Waals surface area contributed by atoms with Crippen LogP contribution in [0.25, 0.3) is 0 Å². The summed E-state index contributed by atoms with van der Waals surface area (Å²) in [7, 11) is 0. The number of hydrogen-bond donors (Lipinski definition) is 1. The lowest BCUT2D eigenvalue weighted by Gasteiger charge is -2.26. The Labute approximate surface area is 147 Å². The number of hydrogen-bond acceptors (Lipinski definition) is 3. The SMILES string of the molecule is Cc1c(Cl)cccc1NC(=O)c1cccc(CN2CCOCC2)c1. The van der Waals surface area contributed by atoms with E-state index in [0.29, 0.717) is 10.6 Å². The summed E-state index contributed by atoms with van der Waals surface area (Å²) in [6, 6.07) is 13.3. The molecule has 1 amide bonds. The van der Waals surface area contributed by atoms with Crippen LogP contribution < -0.4 is 5.32 Å². The molecule has 0 aromatic heterocycles. The minimum absolute atomic E-state index is 0.121. The molecule has 0 unspecified atom stereocenters. The third kappa shape index (κ3) is 4.15. The Kier molecular flexibility index (Phi) is 5.51. The Morgan fingerprint density at radius 3 is 2.75 bits per heavy atom. The van der Waals surface area contributed by atoms with Gasteiger partial charge in [-0.2, -0.15) is 0 Å². The molecule has 1 aliphatic heterocycles. The number of nitrogens with one attached hydrogen (secondary N) is 1. The van der Waals surface area contributed by atoms with Crippen molar-refractivity contribution in [1.82, 2.24) is 4.90 Å². The molecule has 1 heterocycles. The molecule has 0 radical (unpaired) electrons. The summed E-state index contributed by atoms with van der Waals surface area (Å²) < 4.78 is 5.37. The Hall–Kier alpha value is -1.88. The molecule has 1 fully saturated rings. The molecule has 0 spiro atoms. The zero-order valence-corrected chi connectivity index (χ0v) is 14.5. The van der Waals surface area contributed by atoms with Crippen LogP contribution in [0.4, 0.5) is 5.69 Å². The first-order valence-corrected chi connectivity index (χ1v) is 8.47. The van der Waals surface area contributed by atoms with Gasteiger partial charge in [0.1, 0.15) is 0 Å². The Morgan fingerprint density at radius 1 is 1.21 bits per heavy atom. The van der Waals surface area contributed by atoms with Crippen molar-refractivity contribution in [2.24, 2.45) is 0 Å². The molecule has 2 aromatic carbocycles. The van der Waals surface area contributed by atoms with Gasteiger partial charge in [-0.25, -0.2) is 0 Å². The largest absolute Gasteiger partial charge is 0.379 e. The molecule has 3 rings (SSSR count). The second-order valence-electron chi connectivity index (χ2n) is 5.96. The van der Waals surface area contributed by atoms with Crippen molar-refractivity contribution in [2.45, 2.75) is 13.5 Å². The van der Waals surface area contributed by atoms with Crippen LogP contribution in [0.5, 0.6) is 0 Å². The molecule has 5 heteroatoms. The van der Waals surface area contributed by atoms with Crippen molar-refractivity contribution < 1.29 is 9.53 Å². The third-order valence-corrected chi connectivity index (χ3v) is 4.62. The summed E-state index contributed by atoms with van der Waals surface area (Å²) >= 11 is 6.11. The summed E-state index contributed by atoms with van der Waals surface area (Å²) in [6.45, 7) is 6.13. The van der Waals surface area contributed by atoms with Crippen molar-refractivity contribution in [3.63, 3.8) is 0 Å². The van der Waals surface area contributed by atoms with E-state index in [2.05, 4.69) is 16.3 Å². The number of anilines is 1. The van der Waals surface area contributed by atoms with E-state index in [1.807, 2.05) is 43.3 Å². The zero-order valence-electron chi connectivity index (χ0n) is 13.7. The minimum Gasteiger partial charge on any atom is -0.379 e. The van der Waals surface area contributed by atoms with Crippen LogP contribution in [0, 0.1) is 6.92 Å². The van der Waals surface area contributed by atoms with E-state index in [1.54, 1.807) is 0 Å².